The van der Waals surface area contributed by atoms with Gasteiger partial charge in [-0.2, -0.15) is 0 Å². The Bertz CT molecular complexity index is 845. The van der Waals surface area contributed by atoms with E-state index in [-0.39, 0.29) is 23.4 Å². The number of nitrogens with zero attached hydrogens (tertiary/aromatic N) is 1. The van der Waals surface area contributed by atoms with Gasteiger partial charge in [0.2, 0.25) is 5.91 Å². The highest BCUT2D eigenvalue weighted by Crippen LogP contribution is 2.17. The molecule has 2 aromatic rings. The van der Waals surface area contributed by atoms with Crippen LogP contribution in [0.15, 0.2) is 23.6 Å². The molecule has 0 spiro atoms. The largest absolute Gasteiger partial charge is 0.476 e. The number of aromatic carboxylic acids is 1. The van der Waals surface area contributed by atoms with E-state index in [9.17, 15) is 14.4 Å². The summed E-state index contributed by atoms with van der Waals surface area (Å²) < 4.78 is 0. The summed E-state index contributed by atoms with van der Waals surface area (Å²) in [5, 5.41) is 16.6. The lowest BCUT2D eigenvalue weighted by Crippen LogP contribution is -2.26. The maximum absolute atomic E-state index is 12.3. The fraction of sp³-hybridized carbons (Fsp3) is 0.368. The lowest BCUT2D eigenvalue weighted by atomic mass is 10.1. The molecule has 0 bridgehead atoms. The van der Waals surface area contributed by atoms with Gasteiger partial charge in [0, 0.05) is 36.0 Å². The van der Waals surface area contributed by atoms with E-state index in [1.54, 1.807) is 18.2 Å². The molecule has 144 valence electrons. The van der Waals surface area contributed by atoms with Crippen LogP contribution in [0.4, 0.5) is 5.69 Å². The summed E-state index contributed by atoms with van der Waals surface area (Å²) in [4.78, 5) is 38.9. The van der Waals surface area contributed by atoms with Crippen LogP contribution in [-0.2, 0) is 11.2 Å². The highest BCUT2D eigenvalue weighted by atomic mass is 32.1. The Balaban J connectivity index is 1.89. The zero-order valence-corrected chi connectivity index (χ0v) is 16.4. The minimum atomic E-state index is -1.06. The molecule has 0 aliphatic rings. The number of carbonyl (C=O) groups is 3. The maximum atomic E-state index is 12.3. The van der Waals surface area contributed by atoms with Crippen LogP contribution in [0, 0.1) is 12.8 Å². The van der Waals surface area contributed by atoms with Gasteiger partial charge in [-0.05, 0) is 36.6 Å². The van der Waals surface area contributed by atoms with Gasteiger partial charge in [0.25, 0.3) is 5.91 Å². The van der Waals surface area contributed by atoms with Crippen molar-refractivity contribution in [3.8, 4) is 0 Å². The number of carbonyl (C=O) groups excluding carboxylic acids is 2. The van der Waals surface area contributed by atoms with Gasteiger partial charge in [0.05, 0.1) is 5.01 Å². The van der Waals surface area contributed by atoms with Crippen LogP contribution in [0.5, 0.6) is 0 Å². The van der Waals surface area contributed by atoms with E-state index >= 15 is 0 Å². The maximum Gasteiger partial charge on any atom is 0.355 e. The molecular formula is C19H23N3O4S. The van der Waals surface area contributed by atoms with E-state index in [4.69, 9.17) is 5.11 Å². The van der Waals surface area contributed by atoms with Crippen LogP contribution >= 0.6 is 11.3 Å². The van der Waals surface area contributed by atoms with Crippen LogP contribution in [-0.4, -0.2) is 34.4 Å². The monoisotopic (exact) mass is 389 g/mol. The number of aryl methyl sites for hydroxylation is 1. The summed E-state index contributed by atoms with van der Waals surface area (Å²) in [6, 6.07) is 5.12. The topological polar surface area (TPSA) is 108 Å². The van der Waals surface area contributed by atoms with E-state index in [1.165, 1.54) is 16.7 Å². The van der Waals surface area contributed by atoms with Crippen molar-refractivity contribution in [3.05, 3.63) is 45.4 Å². The quantitative estimate of drug-likeness (QED) is 0.643. The van der Waals surface area contributed by atoms with E-state index in [0.29, 0.717) is 35.6 Å². The summed E-state index contributed by atoms with van der Waals surface area (Å²) in [5.41, 5.74) is 2.03. The number of thiazole rings is 1. The second-order valence-corrected chi connectivity index (χ2v) is 7.56. The zero-order valence-electron chi connectivity index (χ0n) is 15.5. The number of hydrogen-bond acceptors (Lipinski definition) is 5. The third-order valence-corrected chi connectivity index (χ3v) is 4.66. The predicted molar refractivity (Wildman–Crippen MR) is 104 cm³/mol. The van der Waals surface area contributed by atoms with E-state index in [2.05, 4.69) is 15.6 Å². The Labute approximate surface area is 161 Å². The van der Waals surface area contributed by atoms with Gasteiger partial charge in [-0.1, -0.05) is 13.8 Å². The summed E-state index contributed by atoms with van der Waals surface area (Å²) >= 11 is 1.26. The Kier molecular flexibility index (Phi) is 7.06. The summed E-state index contributed by atoms with van der Waals surface area (Å²) in [6.07, 6.45) is 0.911. The fourth-order valence-electron chi connectivity index (χ4n) is 2.43. The summed E-state index contributed by atoms with van der Waals surface area (Å²) in [7, 11) is 0. The number of aromatic nitrogens is 1. The molecule has 0 atom stereocenters. The van der Waals surface area contributed by atoms with Gasteiger partial charge in [0.15, 0.2) is 5.69 Å². The third-order valence-electron chi connectivity index (χ3n) is 3.75. The average Bonchev–Trinajstić information content (AvgIpc) is 3.05. The Morgan fingerprint density at radius 3 is 2.59 bits per heavy atom. The number of amides is 2. The number of anilines is 1. The molecule has 8 heteroatoms. The van der Waals surface area contributed by atoms with E-state index in [0.717, 1.165) is 5.56 Å². The van der Waals surface area contributed by atoms with Crippen LogP contribution in [0.25, 0.3) is 0 Å². The first-order chi connectivity index (χ1) is 12.8. The number of carboxylic acids is 1. The molecule has 0 aliphatic carbocycles. The van der Waals surface area contributed by atoms with Crippen molar-refractivity contribution in [2.75, 3.05) is 11.9 Å². The van der Waals surface area contributed by atoms with E-state index < -0.39 is 5.97 Å². The number of benzene rings is 1. The molecule has 3 N–H and O–H groups in total. The highest BCUT2D eigenvalue weighted by molar-refractivity contribution is 7.09. The molecule has 0 saturated heterocycles. The van der Waals surface area contributed by atoms with Crippen molar-refractivity contribution in [3.63, 3.8) is 0 Å². The zero-order chi connectivity index (χ0) is 20.0. The van der Waals surface area contributed by atoms with Gasteiger partial charge in [-0.25, -0.2) is 9.78 Å². The number of hydrogen-bond donors (Lipinski definition) is 3. The number of nitrogens with one attached hydrogen (secondary N) is 2. The average molecular weight is 389 g/mol. The first-order valence-corrected chi connectivity index (χ1v) is 9.50. The Morgan fingerprint density at radius 1 is 1.26 bits per heavy atom. The molecule has 0 radical (unpaired) electrons. The van der Waals surface area contributed by atoms with Crippen LogP contribution in [0.2, 0.25) is 0 Å². The number of rotatable bonds is 8. The van der Waals surface area contributed by atoms with Gasteiger partial charge >= 0.3 is 5.97 Å². The first-order valence-electron chi connectivity index (χ1n) is 8.62. The Morgan fingerprint density at radius 2 is 2.00 bits per heavy atom. The van der Waals surface area contributed by atoms with Crippen LogP contribution in [0.1, 0.15) is 51.7 Å². The van der Waals surface area contributed by atoms with Gasteiger partial charge < -0.3 is 15.7 Å². The molecule has 7 nitrogen and oxygen atoms in total. The minimum absolute atomic E-state index is 0.0204. The molecule has 0 fully saturated rings. The van der Waals surface area contributed by atoms with Crippen molar-refractivity contribution >= 4 is 34.8 Å². The first kappa shape index (κ1) is 20.6. The van der Waals surface area contributed by atoms with Crippen LogP contribution < -0.4 is 10.6 Å². The van der Waals surface area contributed by atoms with Crippen molar-refractivity contribution < 1.29 is 19.5 Å². The highest BCUT2D eigenvalue weighted by Gasteiger charge is 2.12. The third kappa shape index (κ3) is 6.18. The molecule has 2 amide bonds. The van der Waals surface area contributed by atoms with Gasteiger partial charge in [-0.3, -0.25) is 9.59 Å². The van der Waals surface area contributed by atoms with Crippen molar-refractivity contribution in [2.24, 2.45) is 5.92 Å². The minimum Gasteiger partial charge on any atom is -0.476 e. The standard InChI is InChI=1S/C19H23N3O4S/c1-11(2)8-16(23)21-14-5-4-13(9-12(14)3)18(24)20-7-6-17-22-15(10-27-17)19(25)26/h4-5,9-11H,6-8H2,1-3H3,(H,20,24)(H,21,23)(H,25,26). The van der Waals surface area contributed by atoms with Crippen LogP contribution in [0.3, 0.4) is 0 Å². The smallest absolute Gasteiger partial charge is 0.355 e. The van der Waals surface area contributed by atoms with Crippen molar-refractivity contribution in [1.29, 1.82) is 0 Å². The second kappa shape index (κ2) is 9.27. The SMILES string of the molecule is Cc1cc(C(=O)NCCc2nc(C(=O)O)cs2)ccc1NC(=O)CC(C)C. The van der Waals surface area contributed by atoms with E-state index in [1.807, 2.05) is 20.8 Å². The molecule has 1 heterocycles. The molecule has 0 aliphatic heterocycles. The second-order valence-electron chi connectivity index (χ2n) is 6.61. The lowest BCUT2D eigenvalue weighted by molar-refractivity contribution is -0.116. The van der Waals surface area contributed by atoms with Crippen molar-refractivity contribution in [2.45, 2.75) is 33.6 Å². The molecule has 2 rings (SSSR count). The summed E-state index contributed by atoms with van der Waals surface area (Å²) in [5.74, 6) is -1.06. The molecule has 0 unspecified atom stereocenters. The normalized spacial score (nSPS) is 10.7. The lowest BCUT2D eigenvalue weighted by Gasteiger charge is -2.11. The molecular weight excluding hydrogens is 366 g/mol. The van der Waals surface area contributed by atoms with Gasteiger partial charge in [0.1, 0.15) is 0 Å². The molecule has 27 heavy (non-hydrogen) atoms. The van der Waals surface area contributed by atoms with Gasteiger partial charge in [-0.15, -0.1) is 11.3 Å². The van der Waals surface area contributed by atoms with Crippen molar-refractivity contribution in [1.82, 2.24) is 10.3 Å². The molecule has 0 saturated carbocycles. The molecule has 1 aromatic carbocycles. The fourth-order valence-corrected chi connectivity index (χ4v) is 3.20. The molecule has 1 aromatic heterocycles. The summed E-state index contributed by atoms with van der Waals surface area (Å²) in [6.45, 7) is 6.16. The predicted octanol–water partition coefficient (Wildman–Crippen LogP) is 3.11. The number of carboxylic acid groups (broad SMARTS) is 1. The Hall–Kier alpha value is -2.74.